The highest BCUT2D eigenvalue weighted by Gasteiger charge is 2.47. The van der Waals surface area contributed by atoms with Gasteiger partial charge in [-0.2, -0.15) is 0 Å². The van der Waals surface area contributed by atoms with E-state index < -0.39 is 0 Å². The third-order valence-electron chi connectivity index (χ3n) is 14.6. The molecule has 0 atom stereocenters. The van der Waals surface area contributed by atoms with Crippen molar-refractivity contribution in [2.45, 2.75) is 37.5 Å². The summed E-state index contributed by atoms with van der Waals surface area (Å²) in [6.07, 6.45) is 2.03. The van der Waals surface area contributed by atoms with Crippen molar-refractivity contribution in [1.82, 2.24) is 4.57 Å². The molecule has 10 aromatic rings. The molecule has 0 amide bonds. The summed E-state index contributed by atoms with van der Waals surface area (Å²) in [7, 11) is 0. The molecule has 62 heavy (non-hydrogen) atoms. The second-order valence-electron chi connectivity index (χ2n) is 18.2. The summed E-state index contributed by atoms with van der Waals surface area (Å²) in [6.45, 7) is 4.76. The van der Waals surface area contributed by atoms with Gasteiger partial charge in [0.15, 0.2) is 0 Å². The van der Waals surface area contributed by atoms with Crippen LogP contribution in [-0.4, -0.2) is 4.57 Å². The molecule has 1 heterocycles. The van der Waals surface area contributed by atoms with E-state index >= 15 is 0 Å². The average molecular weight is 793 g/mol. The number of para-hydroxylation sites is 2. The van der Waals surface area contributed by atoms with Crippen LogP contribution >= 0.6 is 0 Å². The van der Waals surface area contributed by atoms with Crippen molar-refractivity contribution in [1.29, 1.82) is 0 Å². The quantitative estimate of drug-likeness (QED) is 0.169. The van der Waals surface area contributed by atoms with Gasteiger partial charge in [-0.1, -0.05) is 153 Å². The number of benzene rings is 9. The lowest BCUT2D eigenvalue weighted by atomic mass is 9.75. The Morgan fingerprint density at radius 1 is 0.387 bits per heavy atom. The van der Waals surface area contributed by atoms with Gasteiger partial charge < -0.3 is 9.47 Å². The van der Waals surface area contributed by atoms with Gasteiger partial charge in [0.1, 0.15) is 0 Å². The zero-order valence-electron chi connectivity index (χ0n) is 34.9. The van der Waals surface area contributed by atoms with Crippen LogP contribution in [0.2, 0.25) is 0 Å². The fourth-order valence-corrected chi connectivity index (χ4v) is 11.7. The Kier molecular flexibility index (Phi) is 7.43. The average Bonchev–Trinajstić information content (AvgIpc) is 4.02. The molecule has 0 N–H and O–H groups in total. The molecule has 0 fully saturated rings. The molecule has 1 aromatic heterocycles. The molecule has 0 saturated carbocycles. The first-order chi connectivity index (χ1) is 30.5. The predicted molar refractivity (Wildman–Crippen MR) is 259 cm³/mol. The summed E-state index contributed by atoms with van der Waals surface area (Å²) in [5.74, 6) is 0. The minimum Gasteiger partial charge on any atom is -0.310 e. The molecule has 3 aliphatic rings. The number of hydrogen-bond donors (Lipinski definition) is 0. The molecule has 0 unspecified atom stereocenters. The molecule has 0 aliphatic heterocycles. The first-order valence-electron chi connectivity index (χ1n) is 22.0. The van der Waals surface area contributed by atoms with E-state index in [4.69, 9.17) is 0 Å². The van der Waals surface area contributed by atoms with Crippen LogP contribution < -0.4 is 4.90 Å². The van der Waals surface area contributed by atoms with Gasteiger partial charge in [0, 0.05) is 44.4 Å². The van der Waals surface area contributed by atoms with Crippen molar-refractivity contribution in [3.63, 3.8) is 0 Å². The molecular formula is C60H44N2. The van der Waals surface area contributed by atoms with Gasteiger partial charge in [0.25, 0.3) is 0 Å². The molecule has 2 nitrogen and oxygen atoms in total. The normalized spacial score (nSPS) is 14.7. The van der Waals surface area contributed by atoms with Crippen molar-refractivity contribution in [3.8, 4) is 39.1 Å². The van der Waals surface area contributed by atoms with Crippen LogP contribution in [0.5, 0.6) is 0 Å². The van der Waals surface area contributed by atoms with Crippen LogP contribution in [0.25, 0.3) is 60.9 Å². The first kappa shape index (κ1) is 35.3. The summed E-state index contributed by atoms with van der Waals surface area (Å²) >= 11 is 0. The molecule has 0 radical (unpaired) electrons. The van der Waals surface area contributed by atoms with Crippen LogP contribution in [-0.2, 0) is 23.7 Å². The molecule has 9 aromatic carbocycles. The number of nitrogens with zero attached hydrogens (tertiary/aromatic N) is 2. The van der Waals surface area contributed by atoms with Gasteiger partial charge in [-0.25, -0.2) is 0 Å². The SMILES string of the molecule is CC1(C)c2ccccc2-c2ccc(N(c3cccc(-c4ccc5c(c4)c4ccccc4n5-c4ccccc4)c3)c3ccc4c(c3)C3(Cc5ccccc5C3)c3ccccc3-4)cc21. The highest BCUT2D eigenvalue weighted by atomic mass is 15.1. The first-order valence-corrected chi connectivity index (χ1v) is 22.0. The van der Waals surface area contributed by atoms with E-state index in [1.54, 1.807) is 0 Å². The van der Waals surface area contributed by atoms with E-state index in [0.29, 0.717) is 0 Å². The van der Waals surface area contributed by atoms with E-state index in [1.165, 1.54) is 106 Å². The monoisotopic (exact) mass is 792 g/mol. The van der Waals surface area contributed by atoms with Crippen molar-refractivity contribution in [2.75, 3.05) is 4.90 Å². The number of aromatic nitrogens is 1. The van der Waals surface area contributed by atoms with E-state index in [2.05, 4.69) is 230 Å². The topological polar surface area (TPSA) is 8.17 Å². The van der Waals surface area contributed by atoms with Gasteiger partial charge in [0.2, 0.25) is 0 Å². The Bertz CT molecular complexity index is 3430. The maximum absolute atomic E-state index is 2.53. The molecule has 3 aliphatic carbocycles. The fraction of sp³-hybridized carbons (Fsp3) is 0.100. The molecule has 0 bridgehead atoms. The Balaban J connectivity index is 0.995. The zero-order valence-corrected chi connectivity index (χ0v) is 34.9. The van der Waals surface area contributed by atoms with Gasteiger partial charge in [0.05, 0.1) is 11.0 Å². The summed E-state index contributed by atoms with van der Waals surface area (Å²) in [6, 6.07) is 77.4. The Hall–Kier alpha value is -7.42. The smallest absolute Gasteiger partial charge is 0.0541 e. The molecule has 13 rings (SSSR count). The highest BCUT2D eigenvalue weighted by molar-refractivity contribution is 6.10. The van der Waals surface area contributed by atoms with Crippen LogP contribution in [0.15, 0.2) is 206 Å². The van der Waals surface area contributed by atoms with Gasteiger partial charge in [-0.05, 0) is 146 Å². The van der Waals surface area contributed by atoms with Crippen LogP contribution in [0.4, 0.5) is 17.1 Å². The highest BCUT2D eigenvalue weighted by Crippen LogP contribution is 2.57. The molecule has 294 valence electrons. The molecule has 1 spiro atoms. The number of anilines is 3. The summed E-state index contributed by atoms with van der Waals surface area (Å²) in [4.78, 5) is 2.52. The Labute approximate surface area is 363 Å². The summed E-state index contributed by atoms with van der Waals surface area (Å²) in [5, 5.41) is 2.51. The van der Waals surface area contributed by atoms with Crippen LogP contribution in [0.1, 0.15) is 47.2 Å². The largest absolute Gasteiger partial charge is 0.310 e. The predicted octanol–water partition coefficient (Wildman–Crippen LogP) is 15.3. The minimum absolute atomic E-state index is 0.102. The second-order valence-corrected chi connectivity index (χ2v) is 18.2. The van der Waals surface area contributed by atoms with E-state index in [9.17, 15) is 0 Å². The number of rotatable bonds is 5. The lowest BCUT2D eigenvalue weighted by molar-refractivity contribution is 0.563. The maximum atomic E-state index is 2.53. The lowest BCUT2D eigenvalue weighted by Crippen LogP contribution is -2.26. The van der Waals surface area contributed by atoms with E-state index in [-0.39, 0.29) is 10.8 Å². The fourth-order valence-electron chi connectivity index (χ4n) is 11.7. The van der Waals surface area contributed by atoms with Gasteiger partial charge in [-0.3, -0.25) is 0 Å². The minimum atomic E-state index is -0.122. The third kappa shape index (κ3) is 4.98. The Morgan fingerprint density at radius 2 is 0.952 bits per heavy atom. The van der Waals surface area contributed by atoms with Crippen molar-refractivity contribution < 1.29 is 0 Å². The number of fused-ring (bicyclic) bond motifs is 12. The summed E-state index contributed by atoms with van der Waals surface area (Å²) in [5.41, 5.74) is 23.2. The van der Waals surface area contributed by atoms with Crippen molar-refractivity contribution in [3.05, 3.63) is 240 Å². The van der Waals surface area contributed by atoms with E-state index in [0.717, 1.165) is 18.5 Å². The summed E-state index contributed by atoms with van der Waals surface area (Å²) < 4.78 is 2.39. The zero-order chi connectivity index (χ0) is 41.2. The molecule has 2 heteroatoms. The number of hydrogen-bond acceptors (Lipinski definition) is 1. The Morgan fingerprint density at radius 3 is 1.73 bits per heavy atom. The van der Waals surface area contributed by atoms with Crippen LogP contribution in [0.3, 0.4) is 0 Å². The third-order valence-corrected chi connectivity index (χ3v) is 14.6. The van der Waals surface area contributed by atoms with Crippen LogP contribution in [0, 0.1) is 0 Å². The van der Waals surface area contributed by atoms with Gasteiger partial charge in [-0.15, -0.1) is 0 Å². The molecule has 0 saturated heterocycles. The second kappa shape index (κ2) is 13.0. The van der Waals surface area contributed by atoms with E-state index in [1.807, 2.05) is 0 Å². The van der Waals surface area contributed by atoms with Gasteiger partial charge >= 0.3 is 0 Å². The lowest BCUT2D eigenvalue weighted by Gasteiger charge is -2.31. The van der Waals surface area contributed by atoms with Crippen molar-refractivity contribution >= 4 is 38.9 Å². The maximum Gasteiger partial charge on any atom is 0.0541 e. The van der Waals surface area contributed by atoms with Crippen molar-refractivity contribution in [2.24, 2.45) is 0 Å². The standard InChI is InChI=1S/C60H44N2/c1-59(2)53-24-11-8-21-47(53)49-30-28-45(35-55(49)59)61(46-29-31-50-48-22-9-12-25-54(48)60(56(50)36-46)37-41-15-6-7-16-42(41)38-60)44-20-14-17-39(33-44)40-27-32-58-52(34-40)51-23-10-13-26-57(51)62(58)43-18-4-3-5-19-43/h3-36H,37-38H2,1-2H3. The molecular weight excluding hydrogens is 749 g/mol.